The molecule has 0 aromatic heterocycles. The minimum Gasteiger partial charge on any atom is -0.404 e. The van der Waals surface area contributed by atoms with Crippen LogP contribution in [0.5, 0.6) is 0 Å². The van der Waals surface area contributed by atoms with E-state index in [1.165, 1.54) is 12.0 Å². The average Bonchev–Trinajstić information content (AvgIpc) is 3.33. The van der Waals surface area contributed by atoms with Gasteiger partial charge in [0.05, 0.1) is 23.6 Å². The Morgan fingerprint density at radius 2 is 1.74 bits per heavy atom. The summed E-state index contributed by atoms with van der Waals surface area (Å²) in [5.41, 5.74) is 3.24. The van der Waals surface area contributed by atoms with Crippen molar-refractivity contribution in [3.8, 4) is 0 Å². The summed E-state index contributed by atoms with van der Waals surface area (Å²) in [7, 11) is -0.500. The van der Waals surface area contributed by atoms with Crippen molar-refractivity contribution in [2.45, 2.75) is 109 Å². The molecule has 2 aromatic carbocycles. The number of amides is 2. The molecule has 42 heavy (non-hydrogen) atoms. The molecule has 0 radical (unpaired) electrons. The fourth-order valence-corrected chi connectivity index (χ4v) is 8.46. The van der Waals surface area contributed by atoms with Gasteiger partial charge in [0.2, 0.25) is 11.8 Å². The second-order valence-electron chi connectivity index (χ2n) is 14.5. The first-order valence-electron chi connectivity index (χ1n) is 16.1. The number of hydrogen-bond acceptors (Lipinski definition) is 4. The summed E-state index contributed by atoms with van der Waals surface area (Å²) in [4.78, 5) is 27.9. The van der Waals surface area contributed by atoms with E-state index in [9.17, 15) is 9.59 Å². The highest BCUT2D eigenvalue weighted by molar-refractivity contribution is 6.48. The molecular weight excluding hydrogens is 523 g/mol. The molecule has 0 spiro atoms. The Hall–Kier alpha value is -2.64. The summed E-state index contributed by atoms with van der Waals surface area (Å²) >= 11 is 0. The molecule has 3 saturated carbocycles. The Morgan fingerprint density at radius 3 is 2.48 bits per heavy atom. The molecule has 2 amide bonds. The lowest BCUT2D eigenvalue weighted by atomic mass is 9.43. The largest absolute Gasteiger partial charge is 0.481 e. The summed E-state index contributed by atoms with van der Waals surface area (Å²) in [6, 6.07) is 17.4. The van der Waals surface area contributed by atoms with E-state index in [4.69, 9.17) is 9.31 Å². The summed E-state index contributed by atoms with van der Waals surface area (Å²) in [6.45, 7) is 11.3. The lowest BCUT2D eigenvalue weighted by Crippen LogP contribution is -2.65. The Kier molecular flexibility index (Phi) is 8.03. The summed E-state index contributed by atoms with van der Waals surface area (Å²) in [5.74, 6) is 0.655. The molecule has 1 heterocycles. The molecule has 2 bridgehead atoms. The van der Waals surface area contributed by atoms with Crippen LogP contribution in [0.3, 0.4) is 0 Å². The van der Waals surface area contributed by atoms with Gasteiger partial charge in [-0.3, -0.25) is 9.59 Å². The molecule has 5 aliphatic rings. The van der Waals surface area contributed by atoms with Crippen LogP contribution in [0, 0.1) is 23.2 Å². The molecule has 4 fully saturated rings. The maximum absolute atomic E-state index is 14.1. The SMILES string of the molecule is CC(C)C[C@H](NC(=O)[C@H](Cc1ccccc1)NC(=O)[C@@H]1CCCc2ccccc21)B1OC2C[C@@H]3C[C@@H](C3(C)C)[C@]2(C)O1. The molecule has 1 saturated heterocycles. The van der Waals surface area contributed by atoms with Crippen LogP contribution in [0.1, 0.15) is 89.3 Å². The van der Waals surface area contributed by atoms with Gasteiger partial charge in [-0.25, -0.2) is 0 Å². The monoisotopic (exact) mass is 570 g/mol. The highest BCUT2D eigenvalue weighted by atomic mass is 16.7. The van der Waals surface area contributed by atoms with Gasteiger partial charge in [-0.1, -0.05) is 82.3 Å². The number of aryl methyl sites for hydroxylation is 1. The summed E-state index contributed by atoms with van der Waals surface area (Å²) in [6.07, 6.45) is 6.16. The number of benzene rings is 2. The Bertz CT molecular complexity index is 1300. The topological polar surface area (TPSA) is 76.7 Å². The van der Waals surface area contributed by atoms with Crippen molar-refractivity contribution in [3.05, 3.63) is 71.3 Å². The van der Waals surface area contributed by atoms with Gasteiger partial charge in [0.1, 0.15) is 6.04 Å². The normalized spacial score (nSPS) is 30.5. The third kappa shape index (κ3) is 5.43. The van der Waals surface area contributed by atoms with Crippen molar-refractivity contribution in [2.75, 3.05) is 0 Å². The van der Waals surface area contributed by atoms with Crippen LogP contribution in [0.25, 0.3) is 0 Å². The quantitative estimate of drug-likeness (QED) is 0.383. The van der Waals surface area contributed by atoms with Crippen LogP contribution in [0.2, 0.25) is 0 Å². The highest BCUT2D eigenvalue weighted by Gasteiger charge is 2.68. The first kappa shape index (κ1) is 29.4. The van der Waals surface area contributed by atoms with E-state index >= 15 is 0 Å². The van der Waals surface area contributed by atoms with E-state index in [0.717, 1.165) is 43.2 Å². The standard InChI is InChI=1S/C35H47BN2O4/c1-22(2)18-31(36-41-30-21-25-20-29(34(25,3)4)35(30,5)42-36)38-33(40)28(19-23-12-7-6-8-13-23)37-32(39)27-17-11-15-24-14-9-10-16-26(24)27/h6-10,12-14,16,22,25,27-31H,11,15,17-21H2,1-5H3,(H,37,39)(H,38,40)/t25-,27+,28-,29-,30?,31-,35-/m0/s1. The number of rotatable bonds is 9. The predicted molar refractivity (Wildman–Crippen MR) is 166 cm³/mol. The second-order valence-corrected chi connectivity index (χ2v) is 14.5. The van der Waals surface area contributed by atoms with E-state index in [1.54, 1.807) is 0 Å². The molecular formula is C35H47BN2O4. The zero-order valence-corrected chi connectivity index (χ0v) is 25.9. The van der Waals surface area contributed by atoms with Crippen LogP contribution in [-0.2, 0) is 31.7 Å². The second kappa shape index (κ2) is 11.5. The molecule has 7 heteroatoms. The number of nitrogens with one attached hydrogen (secondary N) is 2. The van der Waals surface area contributed by atoms with Gasteiger partial charge in [-0.15, -0.1) is 0 Å². The molecule has 7 atom stereocenters. The fraction of sp³-hybridized carbons (Fsp3) is 0.600. The first-order valence-corrected chi connectivity index (χ1v) is 16.1. The average molecular weight is 571 g/mol. The van der Waals surface area contributed by atoms with Crippen molar-refractivity contribution in [3.63, 3.8) is 0 Å². The van der Waals surface area contributed by atoms with Crippen LogP contribution in [-0.4, -0.2) is 42.6 Å². The van der Waals surface area contributed by atoms with Crippen molar-refractivity contribution >= 4 is 18.9 Å². The molecule has 224 valence electrons. The zero-order chi connectivity index (χ0) is 29.6. The van der Waals surface area contributed by atoms with Gasteiger partial charge < -0.3 is 19.9 Å². The number of carbonyl (C=O) groups is 2. The van der Waals surface area contributed by atoms with E-state index in [2.05, 4.69) is 57.4 Å². The van der Waals surface area contributed by atoms with Crippen molar-refractivity contribution < 1.29 is 18.9 Å². The van der Waals surface area contributed by atoms with Crippen LogP contribution in [0.4, 0.5) is 0 Å². The van der Waals surface area contributed by atoms with Gasteiger partial charge >= 0.3 is 7.12 Å². The molecule has 4 aliphatic carbocycles. The summed E-state index contributed by atoms with van der Waals surface area (Å²) < 4.78 is 13.4. The van der Waals surface area contributed by atoms with Gasteiger partial charge in [0.15, 0.2) is 0 Å². The van der Waals surface area contributed by atoms with E-state index in [-0.39, 0.29) is 40.8 Å². The molecule has 6 nitrogen and oxygen atoms in total. The van der Waals surface area contributed by atoms with Crippen LogP contribution in [0.15, 0.2) is 54.6 Å². The maximum Gasteiger partial charge on any atom is 0.481 e. The summed E-state index contributed by atoms with van der Waals surface area (Å²) in [5, 5.41) is 6.48. The number of fused-ring (bicyclic) bond motifs is 1. The molecule has 1 unspecified atom stereocenters. The number of carbonyl (C=O) groups excluding carboxylic acids is 2. The Balaban J connectivity index is 1.21. The molecule has 7 rings (SSSR count). The molecule has 1 aliphatic heterocycles. The van der Waals surface area contributed by atoms with E-state index in [0.29, 0.717) is 24.2 Å². The van der Waals surface area contributed by atoms with E-state index in [1.807, 2.05) is 42.5 Å². The minimum absolute atomic E-state index is 0.0528. The van der Waals surface area contributed by atoms with Gasteiger partial charge in [-0.2, -0.15) is 0 Å². The zero-order valence-electron chi connectivity index (χ0n) is 25.9. The Labute approximate surface area is 251 Å². The number of hydrogen-bond donors (Lipinski definition) is 2. The first-order chi connectivity index (χ1) is 20.1. The molecule has 2 N–H and O–H groups in total. The van der Waals surface area contributed by atoms with E-state index < -0.39 is 13.2 Å². The van der Waals surface area contributed by atoms with Crippen molar-refractivity contribution in [1.82, 2.24) is 10.6 Å². The minimum atomic E-state index is -0.699. The van der Waals surface area contributed by atoms with Crippen LogP contribution < -0.4 is 10.6 Å². The lowest BCUT2D eigenvalue weighted by molar-refractivity contribution is -0.199. The lowest BCUT2D eigenvalue weighted by Gasteiger charge is -2.64. The molecule has 2 aromatic rings. The highest BCUT2D eigenvalue weighted by Crippen LogP contribution is 2.65. The van der Waals surface area contributed by atoms with Gasteiger partial charge in [0.25, 0.3) is 0 Å². The van der Waals surface area contributed by atoms with Crippen molar-refractivity contribution in [1.29, 1.82) is 0 Å². The van der Waals surface area contributed by atoms with Crippen LogP contribution >= 0.6 is 0 Å². The third-order valence-electron chi connectivity index (χ3n) is 11.0. The van der Waals surface area contributed by atoms with Crippen molar-refractivity contribution in [2.24, 2.45) is 23.2 Å². The predicted octanol–water partition coefficient (Wildman–Crippen LogP) is 5.63. The smallest absolute Gasteiger partial charge is 0.404 e. The third-order valence-corrected chi connectivity index (χ3v) is 11.0. The fourth-order valence-electron chi connectivity index (χ4n) is 8.46. The van der Waals surface area contributed by atoms with Gasteiger partial charge in [-0.05, 0) is 85.3 Å². The maximum atomic E-state index is 14.1. The Morgan fingerprint density at radius 1 is 1.00 bits per heavy atom. The van der Waals surface area contributed by atoms with Gasteiger partial charge in [0, 0.05) is 6.42 Å².